The van der Waals surface area contributed by atoms with Crippen LogP contribution in [0.25, 0.3) is 38.1 Å². The van der Waals surface area contributed by atoms with Crippen molar-refractivity contribution in [2.45, 2.75) is 45.8 Å². The smallest absolute Gasteiger partial charge is 0.410 e. The molecular weight excluding hydrogens is 474 g/mol. The van der Waals surface area contributed by atoms with E-state index in [9.17, 15) is 4.79 Å². The standard InChI is InChI=1S/C31H33N5O2/c1-31(2,3)38-30(37)35-16-13-21(14-17-35)20-36-18-15-26-27(36)19-34-29(23-5-9-24(32)10-6-23)28(26)22-7-11-25(33-4)12-8-22/h5-12,15,18-19,21H,13-14,16-17,20,32H2,1-3H3. The first-order chi connectivity index (χ1) is 18.2. The van der Waals surface area contributed by atoms with Crippen molar-refractivity contribution in [1.29, 1.82) is 0 Å². The molecule has 0 saturated carbocycles. The molecule has 2 aromatic heterocycles. The Bertz CT molecular complexity index is 1480. The van der Waals surface area contributed by atoms with Crippen molar-refractivity contribution in [2.24, 2.45) is 5.92 Å². The van der Waals surface area contributed by atoms with Gasteiger partial charge in [-0.2, -0.15) is 0 Å². The van der Waals surface area contributed by atoms with Crippen LogP contribution in [0.3, 0.4) is 0 Å². The number of nitrogens with two attached hydrogens (primary N) is 1. The van der Waals surface area contributed by atoms with Gasteiger partial charge in [-0.3, -0.25) is 4.98 Å². The second kappa shape index (κ2) is 10.2. The minimum atomic E-state index is -0.482. The van der Waals surface area contributed by atoms with Crippen LogP contribution in [-0.2, 0) is 11.3 Å². The molecule has 1 amide bonds. The number of nitrogen functional groups attached to an aromatic ring is 1. The minimum absolute atomic E-state index is 0.226. The molecule has 0 aliphatic carbocycles. The van der Waals surface area contributed by atoms with Crippen LogP contribution in [0.4, 0.5) is 16.2 Å². The molecule has 0 atom stereocenters. The monoisotopic (exact) mass is 507 g/mol. The molecule has 0 radical (unpaired) electrons. The van der Waals surface area contributed by atoms with Crippen LogP contribution >= 0.6 is 0 Å². The number of aromatic nitrogens is 2. The lowest BCUT2D eigenvalue weighted by Crippen LogP contribution is -2.42. The molecule has 1 aliphatic heterocycles. The van der Waals surface area contributed by atoms with Gasteiger partial charge in [0.1, 0.15) is 5.60 Å². The fraction of sp³-hybridized carbons (Fsp3) is 0.323. The van der Waals surface area contributed by atoms with Gasteiger partial charge in [-0.1, -0.05) is 36.4 Å². The first-order valence-electron chi connectivity index (χ1n) is 13.0. The summed E-state index contributed by atoms with van der Waals surface area (Å²) >= 11 is 0. The van der Waals surface area contributed by atoms with Crippen molar-refractivity contribution in [1.82, 2.24) is 14.5 Å². The zero-order valence-corrected chi connectivity index (χ0v) is 22.1. The lowest BCUT2D eigenvalue weighted by molar-refractivity contribution is 0.0178. The molecule has 0 unspecified atom stereocenters. The highest BCUT2D eigenvalue weighted by Crippen LogP contribution is 2.38. The van der Waals surface area contributed by atoms with Crippen LogP contribution in [-0.4, -0.2) is 39.2 Å². The maximum absolute atomic E-state index is 12.5. The molecular formula is C31H33N5O2. The van der Waals surface area contributed by atoms with Crippen LogP contribution in [0.2, 0.25) is 0 Å². The lowest BCUT2D eigenvalue weighted by Gasteiger charge is -2.33. The van der Waals surface area contributed by atoms with E-state index in [0.29, 0.717) is 30.4 Å². The van der Waals surface area contributed by atoms with Gasteiger partial charge in [-0.15, -0.1) is 0 Å². The highest BCUT2D eigenvalue weighted by molar-refractivity contribution is 6.01. The summed E-state index contributed by atoms with van der Waals surface area (Å²) in [7, 11) is 0. The van der Waals surface area contributed by atoms with E-state index in [2.05, 4.69) is 21.7 Å². The van der Waals surface area contributed by atoms with E-state index in [0.717, 1.165) is 52.7 Å². The van der Waals surface area contributed by atoms with Crippen molar-refractivity contribution in [3.8, 4) is 22.4 Å². The van der Waals surface area contributed by atoms with Crippen LogP contribution < -0.4 is 5.73 Å². The van der Waals surface area contributed by atoms with Crippen LogP contribution in [0, 0.1) is 12.5 Å². The third-order valence-electron chi connectivity index (χ3n) is 7.02. The van der Waals surface area contributed by atoms with E-state index < -0.39 is 5.60 Å². The third-order valence-corrected chi connectivity index (χ3v) is 7.02. The van der Waals surface area contributed by atoms with E-state index >= 15 is 0 Å². The van der Waals surface area contributed by atoms with Gasteiger partial charge in [0, 0.05) is 48.0 Å². The number of amides is 1. The molecule has 0 spiro atoms. The SMILES string of the molecule is [C-]#[N+]c1ccc(-c2c(-c3ccc(N)cc3)ncc3c2ccn3CC2CCN(C(=O)OC(C)(C)C)CC2)cc1. The van der Waals surface area contributed by atoms with Gasteiger partial charge in [0.05, 0.1) is 24.0 Å². The number of likely N-dealkylation sites (tertiary alicyclic amines) is 1. The number of nitrogens with zero attached hydrogens (tertiary/aromatic N) is 4. The average Bonchev–Trinajstić information content (AvgIpc) is 3.31. The second-order valence-electron chi connectivity index (χ2n) is 10.9. The Kier molecular flexibility index (Phi) is 6.81. The van der Waals surface area contributed by atoms with Crippen molar-refractivity contribution < 1.29 is 9.53 Å². The number of carbonyl (C=O) groups excluding carboxylic acids is 1. The van der Waals surface area contributed by atoms with Crippen molar-refractivity contribution >= 4 is 28.4 Å². The summed E-state index contributed by atoms with van der Waals surface area (Å²) in [5, 5.41) is 1.12. The minimum Gasteiger partial charge on any atom is -0.444 e. The number of fused-ring (bicyclic) bond motifs is 1. The predicted octanol–water partition coefficient (Wildman–Crippen LogP) is 7.15. The summed E-state index contributed by atoms with van der Waals surface area (Å²) in [4.78, 5) is 22.8. The number of anilines is 1. The molecule has 38 heavy (non-hydrogen) atoms. The zero-order valence-electron chi connectivity index (χ0n) is 22.1. The summed E-state index contributed by atoms with van der Waals surface area (Å²) in [6, 6.07) is 17.6. The molecule has 2 aromatic carbocycles. The van der Waals surface area contributed by atoms with Gasteiger partial charge < -0.3 is 19.9 Å². The number of piperidine rings is 1. The number of benzene rings is 2. The summed E-state index contributed by atoms with van der Waals surface area (Å²) in [6.45, 7) is 15.3. The van der Waals surface area contributed by atoms with Crippen molar-refractivity contribution in [3.05, 3.63) is 78.4 Å². The van der Waals surface area contributed by atoms with Crippen molar-refractivity contribution in [3.63, 3.8) is 0 Å². The molecule has 1 saturated heterocycles. The highest BCUT2D eigenvalue weighted by atomic mass is 16.6. The number of rotatable bonds is 4. The number of ether oxygens (including phenoxy) is 1. The topological polar surface area (TPSA) is 77.7 Å². The first kappa shape index (κ1) is 25.3. The molecule has 0 bridgehead atoms. The normalized spacial score (nSPS) is 14.4. The van der Waals surface area contributed by atoms with Crippen molar-refractivity contribution in [2.75, 3.05) is 18.8 Å². The molecule has 5 rings (SSSR count). The highest BCUT2D eigenvalue weighted by Gasteiger charge is 2.27. The van der Waals surface area contributed by atoms with Gasteiger partial charge in [0.15, 0.2) is 5.69 Å². The van der Waals surface area contributed by atoms with E-state index in [-0.39, 0.29) is 6.09 Å². The Hall–Kier alpha value is -4.31. The van der Waals surface area contributed by atoms with E-state index in [1.807, 2.05) is 80.4 Å². The van der Waals surface area contributed by atoms with E-state index in [1.54, 1.807) is 0 Å². The number of hydrogen-bond donors (Lipinski definition) is 1. The van der Waals surface area contributed by atoms with Crippen LogP contribution in [0.1, 0.15) is 33.6 Å². The average molecular weight is 508 g/mol. The van der Waals surface area contributed by atoms with Gasteiger partial charge >= 0.3 is 6.09 Å². The Morgan fingerprint density at radius 3 is 2.34 bits per heavy atom. The first-order valence-corrected chi connectivity index (χ1v) is 13.0. The quantitative estimate of drug-likeness (QED) is 0.235. The third kappa shape index (κ3) is 5.35. The fourth-order valence-corrected chi connectivity index (χ4v) is 5.07. The Labute approximate surface area is 223 Å². The Balaban J connectivity index is 1.44. The molecule has 7 nitrogen and oxygen atoms in total. The summed E-state index contributed by atoms with van der Waals surface area (Å²) in [5.41, 5.74) is 11.8. The van der Waals surface area contributed by atoms with Crippen LogP contribution in [0.5, 0.6) is 0 Å². The predicted molar refractivity (Wildman–Crippen MR) is 152 cm³/mol. The maximum atomic E-state index is 12.5. The second-order valence-corrected chi connectivity index (χ2v) is 10.9. The van der Waals surface area contributed by atoms with Gasteiger partial charge in [-0.25, -0.2) is 9.64 Å². The van der Waals surface area contributed by atoms with Gasteiger partial charge in [-0.05, 0) is 63.3 Å². The molecule has 3 heterocycles. The maximum Gasteiger partial charge on any atom is 0.410 e. The summed E-state index contributed by atoms with van der Waals surface area (Å²) in [6.07, 6.45) is 5.72. The molecule has 1 fully saturated rings. The number of carbonyl (C=O) groups is 1. The summed E-state index contributed by atoms with van der Waals surface area (Å²) in [5.74, 6) is 0.461. The Morgan fingerprint density at radius 1 is 1.05 bits per heavy atom. The van der Waals surface area contributed by atoms with E-state index in [1.165, 1.54) is 0 Å². The number of pyridine rings is 1. The molecule has 194 valence electrons. The molecule has 2 N–H and O–H groups in total. The largest absolute Gasteiger partial charge is 0.444 e. The molecule has 1 aliphatic rings. The van der Waals surface area contributed by atoms with E-state index in [4.69, 9.17) is 22.0 Å². The van der Waals surface area contributed by atoms with Gasteiger partial charge in [0.2, 0.25) is 0 Å². The van der Waals surface area contributed by atoms with Crippen LogP contribution in [0.15, 0.2) is 67.0 Å². The zero-order chi connectivity index (χ0) is 26.9. The summed E-state index contributed by atoms with van der Waals surface area (Å²) < 4.78 is 7.83. The molecule has 7 heteroatoms. The number of hydrogen-bond acceptors (Lipinski definition) is 4. The van der Waals surface area contributed by atoms with Gasteiger partial charge in [0.25, 0.3) is 0 Å². The lowest BCUT2D eigenvalue weighted by atomic mass is 9.95. The fourth-order valence-electron chi connectivity index (χ4n) is 5.07. The Morgan fingerprint density at radius 2 is 1.71 bits per heavy atom. The molecule has 4 aromatic rings.